The zero-order valence-electron chi connectivity index (χ0n) is 11.1. The van der Waals surface area contributed by atoms with Crippen LogP contribution in [0.1, 0.15) is 21.5 Å². The molecule has 3 N–H and O–H groups in total. The summed E-state index contributed by atoms with van der Waals surface area (Å²) in [6.45, 7) is 0. The van der Waals surface area contributed by atoms with Crippen LogP contribution in [0.25, 0.3) is 0 Å². The number of rotatable bonds is 5. The third-order valence-corrected chi connectivity index (χ3v) is 4.07. The van der Waals surface area contributed by atoms with Crippen molar-refractivity contribution in [2.75, 3.05) is 7.11 Å². The minimum atomic E-state index is -4.43. The van der Waals surface area contributed by atoms with E-state index in [1.807, 2.05) is 12.1 Å². The van der Waals surface area contributed by atoms with Crippen LogP contribution >= 0.6 is 11.3 Å². The molecule has 0 fully saturated rings. The number of hydrogen-bond acceptors (Lipinski definition) is 5. The Balaban J connectivity index is 2.13. The van der Waals surface area contributed by atoms with Gasteiger partial charge in [0, 0.05) is 11.1 Å². The number of halogens is 3. The van der Waals surface area contributed by atoms with E-state index in [2.05, 4.69) is 10.4 Å². The second-order valence-corrected chi connectivity index (χ2v) is 5.40. The second-order valence-electron chi connectivity index (χ2n) is 4.34. The SMILES string of the molecule is COc1ccc(CC(NN)c2cnc(C(F)(F)F)s2)cc1. The standard InChI is InChI=1S/C13H14F3N3OS/c1-20-9-4-2-8(3-5-9)6-10(19-17)11-7-18-12(21-11)13(14,15)16/h2-5,7,10,19H,6,17H2,1H3. The molecule has 4 nitrogen and oxygen atoms in total. The maximum atomic E-state index is 12.6. The molecule has 0 radical (unpaired) electrons. The fourth-order valence-electron chi connectivity index (χ4n) is 1.82. The summed E-state index contributed by atoms with van der Waals surface area (Å²) in [5.41, 5.74) is 3.46. The molecule has 8 heteroatoms. The van der Waals surface area contributed by atoms with E-state index in [1.54, 1.807) is 19.2 Å². The molecule has 1 unspecified atom stereocenters. The van der Waals surface area contributed by atoms with Gasteiger partial charge in [-0.3, -0.25) is 11.3 Å². The number of aromatic nitrogens is 1. The summed E-state index contributed by atoms with van der Waals surface area (Å²) in [5, 5.41) is -0.868. The van der Waals surface area contributed by atoms with Crippen molar-refractivity contribution in [1.82, 2.24) is 10.4 Å². The average molecular weight is 317 g/mol. The summed E-state index contributed by atoms with van der Waals surface area (Å²) in [6.07, 6.45) is -2.76. The molecule has 1 atom stereocenters. The van der Waals surface area contributed by atoms with Gasteiger partial charge in [0.2, 0.25) is 0 Å². The first-order chi connectivity index (χ1) is 9.94. The summed E-state index contributed by atoms with van der Waals surface area (Å²) >= 11 is 0.596. The largest absolute Gasteiger partial charge is 0.497 e. The van der Waals surface area contributed by atoms with Crippen LogP contribution in [0.15, 0.2) is 30.5 Å². The van der Waals surface area contributed by atoms with Gasteiger partial charge in [0.05, 0.1) is 13.2 Å². The summed E-state index contributed by atoms with van der Waals surface area (Å²) in [7, 11) is 1.56. The van der Waals surface area contributed by atoms with E-state index in [4.69, 9.17) is 10.6 Å². The van der Waals surface area contributed by atoms with Gasteiger partial charge in [-0.15, -0.1) is 11.3 Å². The van der Waals surface area contributed by atoms with Gasteiger partial charge < -0.3 is 4.74 Å². The number of alkyl halides is 3. The van der Waals surface area contributed by atoms with Gasteiger partial charge in [0.1, 0.15) is 5.75 Å². The molecular weight excluding hydrogens is 303 g/mol. The van der Waals surface area contributed by atoms with Crippen LogP contribution in [0.3, 0.4) is 0 Å². The van der Waals surface area contributed by atoms with E-state index in [0.29, 0.717) is 28.4 Å². The Kier molecular flexibility index (Phi) is 4.81. The predicted octanol–water partition coefficient (Wildman–Crippen LogP) is 2.92. The van der Waals surface area contributed by atoms with Crippen molar-refractivity contribution in [3.63, 3.8) is 0 Å². The minimum Gasteiger partial charge on any atom is -0.497 e. The molecule has 2 rings (SSSR count). The van der Waals surface area contributed by atoms with Gasteiger partial charge in [-0.1, -0.05) is 12.1 Å². The van der Waals surface area contributed by atoms with Crippen LogP contribution < -0.4 is 16.0 Å². The van der Waals surface area contributed by atoms with Crippen LogP contribution in [0.4, 0.5) is 13.2 Å². The van der Waals surface area contributed by atoms with Crippen LogP contribution in [0, 0.1) is 0 Å². The Morgan fingerprint density at radius 3 is 2.48 bits per heavy atom. The molecule has 0 saturated heterocycles. The zero-order valence-corrected chi connectivity index (χ0v) is 12.0. The van der Waals surface area contributed by atoms with Crippen LogP contribution in [-0.4, -0.2) is 12.1 Å². The highest BCUT2D eigenvalue weighted by molar-refractivity contribution is 7.11. The molecule has 1 aromatic heterocycles. The van der Waals surface area contributed by atoms with Crippen LogP contribution in [0.2, 0.25) is 0 Å². The maximum Gasteiger partial charge on any atom is 0.443 e. The van der Waals surface area contributed by atoms with Gasteiger partial charge in [-0.25, -0.2) is 4.98 Å². The van der Waals surface area contributed by atoms with Crippen molar-refractivity contribution < 1.29 is 17.9 Å². The van der Waals surface area contributed by atoms with E-state index in [1.165, 1.54) is 6.20 Å². The Hall–Kier alpha value is -1.64. The smallest absolute Gasteiger partial charge is 0.443 e. The summed E-state index contributed by atoms with van der Waals surface area (Å²) in [5.74, 6) is 6.17. The van der Waals surface area contributed by atoms with Crippen molar-refractivity contribution in [3.05, 3.63) is 45.9 Å². The lowest BCUT2D eigenvalue weighted by Gasteiger charge is -2.14. The fraction of sp³-hybridized carbons (Fsp3) is 0.308. The van der Waals surface area contributed by atoms with Crippen LogP contribution in [-0.2, 0) is 12.6 Å². The number of hydrogen-bond donors (Lipinski definition) is 2. The lowest BCUT2D eigenvalue weighted by Crippen LogP contribution is -2.28. The number of methoxy groups -OCH3 is 1. The zero-order chi connectivity index (χ0) is 15.5. The molecule has 2 aromatic rings. The molecule has 0 saturated carbocycles. The van der Waals surface area contributed by atoms with Crippen molar-refractivity contribution in [1.29, 1.82) is 0 Å². The topological polar surface area (TPSA) is 60.2 Å². The molecular formula is C13H14F3N3OS. The first-order valence-corrected chi connectivity index (χ1v) is 6.87. The van der Waals surface area contributed by atoms with E-state index in [9.17, 15) is 13.2 Å². The second kappa shape index (κ2) is 6.42. The van der Waals surface area contributed by atoms with E-state index < -0.39 is 17.2 Å². The molecule has 1 heterocycles. The van der Waals surface area contributed by atoms with Crippen molar-refractivity contribution in [3.8, 4) is 5.75 Å². The number of hydrazine groups is 1. The number of nitrogens with zero attached hydrogens (tertiary/aromatic N) is 1. The van der Waals surface area contributed by atoms with Crippen molar-refractivity contribution in [2.45, 2.75) is 18.6 Å². The molecule has 114 valence electrons. The summed E-state index contributed by atoms with van der Waals surface area (Å²) in [6, 6.07) is 6.84. The highest BCUT2D eigenvalue weighted by atomic mass is 32.1. The van der Waals surface area contributed by atoms with E-state index in [-0.39, 0.29) is 0 Å². The number of benzene rings is 1. The number of thiazole rings is 1. The average Bonchev–Trinajstić information content (AvgIpc) is 2.95. The normalized spacial score (nSPS) is 13.2. The van der Waals surface area contributed by atoms with Crippen LogP contribution in [0.5, 0.6) is 5.75 Å². The van der Waals surface area contributed by atoms with Gasteiger partial charge in [0.15, 0.2) is 5.01 Å². The molecule has 0 spiro atoms. The molecule has 1 aromatic carbocycles. The van der Waals surface area contributed by atoms with E-state index in [0.717, 1.165) is 5.56 Å². The van der Waals surface area contributed by atoms with Crippen molar-refractivity contribution >= 4 is 11.3 Å². The summed E-state index contributed by atoms with van der Waals surface area (Å²) < 4.78 is 42.7. The number of ether oxygens (including phenoxy) is 1. The monoisotopic (exact) mass is 317 g/mol. The minimum absolute atomic E-state index is 0.424. The first-order valence-electron chi connectivity index (χ1n) is 6.06. The first kappa shape index (κ1) is 15.7. The van der Waals surface area contributed by atoms with Crippen molar-refractivity contribution in [2.24, 2.45) is 5.84 Å². The Labute approximate surface area is 123 Å². The van der Waals surface area contributed by atoms with Gasteiger partial charge in [0.25, 0.3) is 0 Å². The fourth-order valence-corrected chi connectivity index (χ4v) is 2.66. The number of nitrogens with one attached hydrogen (secondary N) is 1. The third kappa shape index (κ3) is 3.93. The molecule has 0 aliphatic rings. The lowest BCUT2D eigenvalue weighted by atomic mass is 10.1. The van der Waals surface area contributed by atoms with Gasteiger partial charge in [-0.2, -0.15) is 13.2 Å². The highest BCUT2D eigenvalue weighted by Crippen LogP contribution is 2.34. The molecule has 0 aliphatic heterocycles. The van der Waals surface area contributed by atoms with Gasteiger partial charge >= 0.3 is 6.18 Å². The van der Waals surface area contributed by atoms with Gasteiger partial charge in [-0.05, 0) is 24.1 Å². The summed E-state index contributed by atoms with van der Waals surface area (Å²) in [4.78, 5) is 3.85. The quantitative estimate of drug-likeness (QED) is 0.657. The predicted molar refractivity (Wildman–Crippen MR) is 73.9 cm³/mol. The third-order valence-electron chi connectivity index (χ3n) is 2.91. The Bertz CT molecular complexity index is 583. The Morgan fingerprint density at radius 1 is 1.33 bits per heavy atom. The van der Waals surface area contributed by atoms with E-state index >= 15 is 0 Å². The molecule has 0 amide bonds. The molecule has 0 aliphatic carbocycles. The number of nitrogens with two attached hydrogens (primary N) is 1. The Morgan fingerprint density at radius 2 is 2.00 bits per heavy atom. The molecule has 0 bridgehead atoms. The maximum absolute atomic E-state index is 12.6. The molecule has 21 heavy (non-hydrogen) atoms. The highest BCUT2D eigenvalue weighted by Gasteiger charge is 2.35. The lowest BCUT2D eigenvalue weighted by molar-refractivity contribution is -0.137.